The van der Waals surface area contributed by atoms with Gasteiger partial charge in [0.2, 0.25) is 0 Å². The Hall–Kier alpha value is -3.39. The van der Waals surface area contributed by atoms with Gasteiger partial charge in [0.1, 0.15) is 12.3 Å². The Labute approximate surface area is 176 Å². The van der Waals surface area contributed by atoms with Crippen LogP contribution in [-0.4, -0.2) is 34.6 Å². The van der Waals surface area contributed by atoms with Gasteiger partial charge in [0.15, 0.2) is 5.78 Å². The summed E-state index contributed by atoms with van der Waals surface area (Å²) in [4.78, 5) is 50.2. The van der Waals surface area contributed by atoms with Crippen LogP contribution < -0.4 is 16.0 Å². The van der Waals surface area contributed by atoms with E-state index in [0.29, 0.717) is 17.9 Å². The quantitative estimate of drug-likeness (QED) is 0.421. The number of nitrogens with zero attached hydrogens (tertiary/aromatic N) is 2. The average Bonchev–Trinajstić information content (AvgIpc) is 2.75. The van der Waals surface area contributed by atoms with E-state index in [2.05, 4.69) is 4.74 Å². The van der Waals surface area contributed by atoms with Crippen molar-refractivity contribution in [2.45, 2.75) is 20.0 Å². The highest BCUT2D eigenvalue weighted by atomic mass is 35.5. The number of esters is 1. The first-order chi connectivity index (χ1) is 14.4. The highest BCUT2D eigenvalue weighted by Gasteiger charge is 2.18. The molecule has 8 nitrogen and oxygen atoms in total. The molecule has 0 radical (unpaired) electrons. The molecule has 30 heavy (non-hydrogen) atoms. The monoisotopic (exact) mass is 430 g/mol. The molecule has 3 rings (SSSR count). The minimum atomic E-state index is -0.783. The van der Waals surface area contributed by atoms with E-state index in [9.17, 15) is 19.2 Å². The van der Waals surface area contributed by atoms with E-state index in [4.69, 9.17) is 16.3 Å². The highest BCUT2D eigenvalue weighted by molar-refractivity contribution is 6.32. The zero-order chi connectivity index (χ0) is 21.8. The molecule has 0 aliphatic heterocycles. The van der Waals surface area contributed by atoms with Gasteiger partial charge in [-0.25, -0.2) is 9.36 Å². The van der Waals surface area contributed by atoms with Crippen molar-refractivity contribution < 1.29 is 19.1 Å². The van der Waals surface area contributed by atoms with Gasteiger partial charge in [-0.15, -0.1) is 0 Å². The molecule has 0 unspecified atom stereocenters. The number of Topliss-reactive ketones (excluding diaryl/α,β-unsaturated/α-hetero) is 1. The molecular formula is C21H19ClN2O6. The van der Waals surface area contributed by atoms with E-state index >= 15 is 0 Å². The molecule has 1 aromatic heterocycles. The van der Waals surface area contributed by atoms with E-state index < -0.39 is 29.5 Å². The van der Waals surface area contributed by atoms with Crippen molar-refractivity contribution >= 4 is 34.3 Å². The molecule has 1 heterocycles. The fourth-order valence-corrected chi connectivity index (χ4v) is 3.27. The Kier molecular flexibility index (Phi) is 6.37. The van der Waals surface area contributed by atoms with E-state index in [-0.39, 0.29) is 22.5 Å². The van der Waals surface area contributed by atoms with Crippen LogP contribution in [0.5, 0.6) is 5.75 Å². The van der Waals surface area contributed by atoms with Gasteiger partial charge in [0, 0.05) is 5.56 Å². The molecule has 3 aromatic rings. The maximum atomic E-state index is 12.9. The van der Waals surface area contributed by atoms with Crippen LogP contribution in [0.3, 0.4) is 0 Å². The molecule has 0 N–H and O–H groups in total. The largest absolute Gasteiger partial charge is 0.492 e. The SMILES string of the molecule is CCOc1ccc(C(=O)Cn2c(=O)n(CC(=O)OC)c(=O)c3ccccc32)cc1Cl. The van der Waals surface area contributed by atoms with Crippen LogP contribution in [0.25, 0.3) is 10.9 Å². The van der Waals surface area contributed by atoms with Crippen molar-refractivity contribution in [1.82, 2.24) is 9.13 Å². The predicted octanol–water partition coefficient (Wildman–Crippen LogP) is 2.27. The zero-order valence-corrected chi connectivity index (χ0v) is 17.1. The van der Waals surface area contributed by atoms with Gasteiger partial charge in [-0.05, 0) is 37.3 Å². The number of ketones is 1. The zero-order valence-electron chi connectivity index (χ0n) is 16.4. The summed E-state index contributed by atoms with van der Waals surface area (Å²) in [5.41, 5.74) is -0.840. The van der Waals surface area contributed by atoms with E-state index in [0.717, 1.165) is 16.2 Å². The van der Waals surface area contributed by atoms with Crippen molar-refractivity contribution in [3.05, 3.63) is 73.9 Å². The number of hydrogen-bond donors (Lipinski definition) is 0. The second-order valence-corrected chi connectivity index (χ2v) is 6.76. The van der Waals surface area contributed by atoms with Crippen molar-refractivity contribution in [3.8, 4) is 5.75 Å². The van der Waals surface area contributed by atoms with Gasteiger partial charge in [-0.3, -0.25) is 19.0 Å². The van der Waals surface area contributed by atoms with Crippen LogP contribution in [0.1, 0.15) is 17.3 Å². The first kappa shape index (κ1) is 21.3. The van der Waals surface area contributed by atoms with Crippen molar-refractivity contribution in [2.24, 2.45) is 0 Å². The molecule has 0 amide bonds. The molecule has 0 bridgehead atoms. The molecule has 0 atom stereocenters. The number of carbonyl (C=O) groups excluding carboxylic acids is 2. The smallest absolute Gasteiger partial charge is 0.332 e. The number of aromatic nitrogens is 2. The second kappa shape index (κ2) is 8.96. The van der Waals surface area contributed by atoms with Gasteiger partial charge in [-0.1, -0.05) is 23.7 Å². The Balaban J connectivity index is 2.08. The molecule has 0 saturated carbocycles. The molecule has 2 aromatic carbocycles. The second-order valence-electron chi connectivity index (χ2n) is 6.35. The van der Waals surface area contributed by atoms with Crippen LogP contribution in [-0.2, 0) is 22.6 Å². The summed E-state index contributed by atoms with van der Waals surface area (Å²) >= 11 is 6.16. The molecule has 0 aliphatic rings. The highest BCUT2D eigenvalue weighted by Crippen LogP contribution is 2.25. The summed E-state index contributed by atoms with van der Waals surface area (Å²) in [5.74, 6) is -0.693. The molecule has 0 spiro atoms. The lowest BCUT2D eigenvalue weighted by Gasteiger charge is -2.13. The maximum absolute atomic E-state index is 12.9. The van der Waals surface area contributed by atoms with Gasteiger partial charge in [-0.2, -0.15) is 0 Å². The van der Waals surface area contributed by atoms with E-state index in [1.165, 1.54) is 12.1 Å². The van der Waals surface area contributed by atoms with Crippen molar-refractivity contribution in [2.75, 3.05) is 13.7 Å². The Morgan fingerprint density at radius 2 is 1.77 bits per heavy atom. The van der Waals surface area contributed by atoms with Gasteiger partial charge in [0.05, 0.1) is 36.2 Å². The Morgan fingerprint density at radius 3 is 2.43 bits per heavy atom. The molecule has 0 saturated heterocycles. The first-order valence-corrected chi connectivity index (χ1v) is 9.50. The van der Waals surface area contributed by atoms with Crippen LogP contribution >= 0.6 is 11.6 Å². The number of hydrogen-bond acceptors (Lipinski definition) is 6. The third kappa shape index (κ3) is 4.13. The number of methoxy groups -OCH3 is 1. The summed E-state index contributed by atoms with van der Waals surface area (Å²) in [6, 6.07) is 11.0. The van der Waals surface area contributed by atoms with Crippen LogP contribution in [0.2, 0.25) is 5.02 Å². The third-order valence-electron chi connectivity index (χ3n) is 4.50. The predicted molar refractivity (Wildman–Crippen MR) is 111 cm³/mol. The molecule has 156 valence electrons. The van der Waals surface area contributed by atoms with Crippen LogP contribution in [0.4, 0.5) is 0 Å². The fraction of sp³-hybridized carbons (Fsp3) is 0.238. The Bertz CT molecular complexity index is 1240. The molecule has 0 aliphatic carbocycles. The lowest BCUT2D eigenvalue weighted by Crippen LogP contribution is -2.42. The van der Waals surface area contributed by atoms with Gasteiger partial charge >= 0.3 is 11.7 Å². The number of carbonyl (C=O) groups is 2. The summed E-state index contributed by atoms with van der Waals surface area (Å²) in [6.07, 6.45) is 0. The first-order valence-electron chi connectivity index (χ1n) is 9.12. The summed E-state index contributed by atoms with van der Waals surface area (Å²) in [7, 11) is 1.16. The number of rotatable bonds is 7. The Morgan fingerprint density at radius 1 is 1.03 bits per heavy atom. The topological polar surface area (TPSA) is 96.6 Å². The van der Waals surface area contributed by atoms with Crippen molar-refractivity contribution in [1.29, 1.82) is 0 Å². The minimum Gasteiger partial charge on any atom is -0.492 e. The summed E-state index contributed by atoms with van der Waals surface area (Å²) in [5, 5.41) is 0.481. The summed E-state index contributed by atoms with van der Waals surface area (Å²) in [6.45, 7) is 1.35. The number of halogens is 1. The minimum absolute atomic E-state index is 0.207. The van der Waals surface area contributed by atoms with Crippen LogP contribution in [0, 0.1) is 0 Å². The fourth-order valence-electron chi connectivity index (χ4n) is 3.04. The van der Waals surface area contributed by atoms with Crippen LogP contribution in [0.15, 0.2) is 52.1 Å². The molecular weight excluding hydrogens is 412 g/mol. The van der Waals surface area contributed by atoms with Crippen molar-refractivity contribution in [3.63, 3.8) is 0 Å². The number of fused-ring (bicyclic) bond motifs is 1. The average molecular weight is 431 g/mol. The standard InChI is InChI=1S/C21H19ClN2O6/c1-3-30-18-9-8-13(10-15(18)22)17(25)11-23-16-7-5-4-6-14(16)20(27)24(21(23)28)12-19(26)29-2/h4-10H,3,11-12H2,1-2H3. The van der Waals surface area contributed by atoms with E-state index in [1.54, 1.807) is 30.3 Å². The molecule has 9 heteroatoms. The number of ether oxygens (including phenoxy) is 2. The lowest BCUT2D eigenvalue weighted by atomic mass is 10.1. The normalized spacial score (nSPS) is 10.8. The lowest BCUT2D eigenvalue weighted by molar-refractivity contribution is -0.141. The third-order valence-corrected chi connectivity index (χ3v) is 4.80. The number of benzene rings is 2. The molecule has 0 fully saturated rings. The van der Waals surface area contributed by atoms with Gasteiger partial charge < -0.3 is 9.47 Å². The number of para-hydroxylation sites is 1. The summed E-state index contributed by atoms with van der Waals surface area (Å²) < 4.78 is 11.8. The maximum Gasteiger partial charge on any atom is 0.332 e. The van der Waals surface area contributed by atoms with Gasteiger partial charge in [0.25, 0.3) is 5.56 Å². The van der Waals surface area contributed by atoms with E-state index in [1.807, 2.05) is 6.92 Å².